The van der Waals surface area contributed by atoms with Crippen LogP contribution in [0.4, 0.5) is 0 Å². The van der Waals surface area contributed by atoms with E-state index in [0.29, 0.717) is 0 Å². The fraction of sp³-hybridized carbons (Fsp3) is 1.00. The van der Waals surface area contributed by atoms with Crippen LogP contribution in [0.25, 0.3) is 0 Å². The molecule has 3 N–H and O–H groups in total. The average molecular weight is 201 g/mol. The Bertz CT molecular complexity index is 60.4. The number of nitrogens with one attached hydrogen (secondary N) is 1. The Morgan fingerprint density at radius 2 is 0.923 bits per heavy atom. The molecule has 13 heavy (non-hydrogen) atoms. The normalized spacial score (nSPS) is 8.31. The van der Waals surface area contributed by atoms with Crippen LogP contribution in [-0.2, 0) is 0 Å². The summed E-state index contributed by atoms with van der Waals surface area (Å²) in [6, 6.07) is 0. The van der Waals surface area contributed by atoms with Crippen LogP contribution in [0.2, 0.25) is 0 Å². The summed E-state index contributed by atoms with van der Waals surface area (Å²) in [4.78, 5) is 1.78. The molecule has 78 valence electrons. The molecule has 3 nitrogen and oxygen atoms in total. The molecule has 0 aromatic heterocycles. The quantitative estimate of drug-likeness (QED) is 0.493. The van der Waals surface area contributed by atoms with Gasteiger partial charge in [-0.25, -0.2) is 0 Å². The third-order valence-corrected chi connectivity index (χ3v) is 1.81. The number of quaternary nitrogens is 1. The number of hydrogen-bond acceptors (Lipinski definition) is 2. The molecule has 0 saturated carbocycles. The van der Waals surface area contributed by atoms with Crippen LogP contribution in [0.5, 0.6) is 0 Å². The third-order valence-electron chi connectivity index (χ3n) is 1.81. The van der Waals surface area contributed by atoms with E-state index in [-0.39, 0.29) is 40.5 Å². The second-order valence-corrected chi connectivity index (χ2v) is 3.00. The van der Waals surface area contributed by atoms with Crippen molar-refractivity contribution in [2.75, 3.05) is 19.6 Å². The summed E-state index contributed by atoms with van der Waals surface area (Å²) in [5.41, 5.74) is 0. The Labute approximate surface area is 105 Å². The monoisotopic (exact) mass is 201 g/mol. The minimum absolute atomic E-state index is 0. The van der Waals surface area contributed by atoms with Crippen molar-refractivity contribution in [3.8, 4) is 0 Å². The van der Waals surface area contributed by atoms with Gasteiger partial charge in [0.1, 0.15) is 0 Å². The van der Waals surface area contributed by atoms with Gasteiger partial charge in [0.15, 0.2) is 0 Å². The molecular formula is C9H24NNaO2. The van der Waals surface area contributed by atoms with Gasteiger partial charge in [0.05, 0.1) is 19.6 Å². The Morgan fingerprint density at radius 1 is 0.692 bits per heavy atom. The first-order valence-corrected chi connectivity index (χ1v) is 4.68. The summed E-state index contributed by atoms with van der Waals surface area (Å²) < 4.78 is 0. The molecule has 0 atom stereocenters. The maximum absolute atomic E-state index is 2.27. The Kier molecular flexibility index (Phi) is 33.8. The van der Waals surface area contributed by atoms with Crippen molar-refractivity contribution in [3.05, 3.63) is 0 Å². The molecule has 0 radical (unpaired) electrons. The Balaban J connectivity index is -0.000000135. The van der Waals surface area contributed by atoms with Gasteiger partial charge in [-0.3, -0.25) is 0 Å². The minimum atomic E-state index is 0. The predicted octanol–water partition coefficient (Wildman–Crippen LogP) is -2.25. The van der Waals surface area contributed by atoms with Gasteiger partial charge in [-0.1, -0.05) is 20.8 Å². The van der Waals surface area contributed by atoms with E-state index in [1.807, 2.05) is 0 Å². The summed E-state index contributed by atoms with van der Waals surface area (Å²) in [6.45, 7) is 10.9. The molecule has 0 bridgehead atoms. The molecule has 0 amide bonds. The van der Waals surface area contributed by atoms with E-state index in [2.05, 4.69) is 20.8 Å². The molecule has 0 fully saturated rings. The topological polar surface area (TPSA) is 64.4 Å². The molecule has 0 saturated heterocycles. The summed E-state index contributed by atoms with van der Waals surface area (Å²) >= 11 is 0. The maximum atomic E-state index is 2.27. The molecule has 0 aliphatic rings. The maximum Gasteiger partial charge on any atom is 1.00 e. The van der Waals surface area contributed by atoms with Crippen molar-refractivity contribution in [2.45, 2.75) is 40.0 Å². The zero-order valence-corrected chi connectivity index (χ0v) is 11.6. The van der Waals surface area contributed by atoms with E-state index in [4.69, 9.17) is 0 Å². The summed E-state index contributed by atoms with van der Waals surface area (Å²) in [5.74, 6) is 0. The second kappa shape index (κ2) is 18.6. The van der Waals surface area contributed by atoms with Crippen LogP contribution in [-0.4, -0.2) is 30.6 Å². The molecule has 0 aromatic carbocycles. The summed E-state index contributed by atoms with van der Waals surface area (Å²) in [6.07, 6.45) is 3.99. The van der Waals surface area contributed by atoms with Gasteiger partial charge in [0.2, 0.25) is 0 Å². The van der Waals surface area contributed by atoms with Gasteiger partial charge in [-0.2, -0.15) is 0 Å². The second-order valence-electron chi connectivity index (χ2n) is 3.00. The van der Waals surface area contributed by atoms with Crippen molar-refractivity contribution >= 4 is 0 Å². The van der Waals surface area contributed by atoms with E-state index in [1.165, 1.54) is 38.9 Å². The molecule has 0 heterocycles. The Hall–Kier alpha value is 0.880. The van der Waals surface area contributed by atoms with Gasteiger partial charge in [-0.15, -0.1) is 0 Å². The molecule has 4 heteroatoms. The van der Waals surface area contributed by atoms with Crippen LogP contribution < -0.4 is 34.5 Å². The number of hydrogen-bond donors (Lipinski definition) is 1. The van der Waals surface area contributed by atoms with Crippen molar-refractivity contribution in [1.29, 1.82) is 0 Å². The predicted molar refractivity (Wildman–Crippen MR) is 50.3 cm³/mol. The van der Waals surface area contributed by atoms with Gasteiger partial charge in [-0.05, 0) is 19.3 Å². The first-order valence-electron chi connectivity index (χ1n) is 4.68. The van der Waals surface area contributed by atoms with E-state index >= 15 is 0 Å². The first-order chi connectivity index (χ1) is 4.85. The third kappa shape index (κ3) is 15.6. The average Bonchev–Trinajstić information content (AvgIpc) is 1.90. The van der Waals surface area contributed by atoms with Crippen molar-refractivity contribution in [1.82, 2.24) is 0 Å². The van der Waals surface area contributed by atoms with E-state index in [0.717, 1.165) is 0 Å². The smallest absolute Gasteiger partial charge is 0.870 e. The fourth-order valence-electron chi connectivity index (χ4n) is 1.44. The van der Waals surface area contributed by atoms with E-state index < -0.39 is 0 Å². The van der Waals surface area contributed by atoms with Crippen LogP contribution in [0.3, 0.4) is 0 Å². The standard InChI is InChI=1S/C9H21N.Na.2H2O/c1-4-7-10(8-5-2)9-6-3;;;/h4-9H2,1-3H3;;2*1H2/q;+1;;/p-1. The molecule has 0 aliphatic heterocycles. The Morgan fingerprint density at radius 3 is 1.08 bits per heavy atom. The molecule has 0 unspecified atom stereocenters. The first kappa shape index (κ1) is 23.6. The molecule has 0 aliphatic carbocycles. The van der Waals surface area contributed by atoms with Gasteiger partial charge >= 0.3 is 29.6 Å². The van der Waals surface area contributed by atoms with Crippen molar-refractivity contribution in [3.63, 3.8) is 0 Å². The van der Waals surface area contributed by atoms with Gasteiger partial charge in [0, 0.05) is 0 Å². The molecule has 0 rings (SSSR count). The van der Waals surface area contributed by atoms with E-state index in [9.17, 15) is 0 Å². The zero-order chi connectivity index (χ0) is 7.82. The van der Waals surface area contributed by atoms with Crippen molar-refractivity contribution in [2.24, 2.45) is 0 Å². The van der Waals surface area contributed by atoms with E-state index in [1.54, 1.807) is 4.90 Å². The molecule has 0 aromatic rings. The minimum Gasteiger partial charge on any atom is -0.870 e. The molecule has 0 spiro atoms. The SMILES string of the molecule is CCC[NH+](CCC)CCC.[Na+].[OH-].[OH-]. The molecular weight excluding hydrogens is 177 g/mol. The van der Waals surface area contributed by atoms with Gasteiger partial charge < -0.3 is 15.9 Å². The van der Waals surface area contributed by atoms with Crippen LogP contribution >= 0.6 is 0 Å². The summed E-state index contributed by atoms with van der Waals surface area (Å²) in [7, 11) is 0. The van der Waals surface area contributed by atoms with Crippen LogP contribution in [0, 0.1) is 0 Å². The van der Waals surface area contributed by atoms with Crippen LogP contribution in [0.1, 0.15) is 40.0 Å². The fourth-order valence-corrected chi connectivity index (χ4v) is 1.44. The van der Waals surface area contributed by atoms with Crippen LogP contribution in [0.15, 0.2) is 0 Å². The zero-order valence-electron chi connectivity index (χ0n) is 9.64. The number of rotatable bonds is 6. The largest absolute Gasteiger partial charge is 1.00 e. The van der Waals surface area contributed by atoms with Crippen molar-refractivity contribution < 1.29 is 45.4 Å². The summed E-state index contributed by atoms with van der Waals surface area (Å²) in [5, 5.41) is 0. The van der Waals surface area contributed by atoms with Gasteiger partial charge in [0.25, 0.3) is 0 Å².